The lowest BCUT2D eigenvalue weighted by Crippen LogP contribution is -2.33. The molecule has 0 spiro atoms. The molecule has 1 aliphatic carbocycles. The van der Waals surface area contributed by atoms with Crippen LogP contribution >= 0.6 is 23.1 Å². The fourth-order valence-corrected chi connectivity index (χ4v) is 4.66. The van der Waals surface area contributed by atoms with Gasteiger partial charge in [-0.1, -0.05) is 18.2 Å². The number of thioether (sulfide) groups is 1. The van der Waals surface area contributed by atoms with Gasteiger partial charge >= 0.3 is 0 Å². The van der Waals surface area contributed by atoms with Crippen molar-refractivity contribution in [3.63, 3.8) is 0 Å². The van der Waals surface area contributed by atoms with Crippen LogP contribution in [-0.2, 0) is 15.3 Å². The Hall–Kier alpha value is -1.13. The van der Waals surface area contributed by atoms with E-state index < -0.39 is 4.75 Å². The van der Waals surface area contributed by atoms with E-state index in [9.17, 15) is 9.59 Å². The first kappa shape index (κ1) is 12.9. The van der Waals surface area contributed by atoms with Crippen LogP contribution in [0.2, 0.25) is 0 Å². The molecule has 98 valence electrons. The van der Waals surface area contributed by atoms with E-state index in [1.165, 1.54) is 27.4 Å². The Morgan fingerprint density at radius 2 is 1.89 bits per heavy atom. The third kappa shape index (κ3) is 2.13. The van der Waals surface area contributed by atoms with Crippen molar-refractivity contribution in [2.75, 3.05) is 0 Å². The highest BCUT2D eigenvalue weighted by molar-refractivity contribution is 8.01. The lowest BCUT2D eigenvalue weighted by atomic mass is 10.1. The van der Waals surface area contributed by atoms with Crippen LogP contribution in [0, 0.1) is 0 Å². The van der Waals surface area contributed by atoms with Gasteiger partial charge in [0.05, 0.1) is 0 Å². The molecule has 1 fully saturated rings. The Morgan fingerprint density at radius 1 is 1.21 bits per heavy atom. The molecule has 1 aromatic heterocycles. The highest BCUT2D eigenvalue weighted by atomic mass is 32.2. The molecular formula is C15H14O2S2. The van der Waals surface area contributed by atoms with E-state index in [0.29, 0.717) is 12.8 Å². The quantitative estimate of drug-likeness (QED) is 0.806. The van der Waals surface area contributed by atoms with E-state index in [-0.39, 0.29) is 11.6 Å². The molecule has 2 aromatic rings. The van der Waals surface area contributed by atoms with Gasteiger partial charge in [-0.15, -0.1) is 23.1 Å². The average molecular weight is 290 g/mol. The van der Waals surface area contributed by atoms with Crippen molar-refractivity contribution in [2.45, 2.75) is 30.3 Å². The fraction of sp³-hybridized carbons (Fsp3) is 0.333. The van der Waals surface area contributed by atoms with Crippen molar-refractivity contribution in [1.82, 2.24) is 0 Å². The van der Waals surface area contributed by atoms with Crippen LogP contribution in [0.5, 0.6) is 0 Å². The second kappa shape index (κ2) is 4.76. The summed E-state index contributed by atoms with van der Waals surface area (Å²) in [6.07, 6.45) is 0.819. The number of fused-ring (bicyclic) bond motifs is 1. The highest BCUT2D eigenvalue weighted by Crippen LogP contribution is 2.39. The first-order valence-corrected chi connectivity index (χ1v) is 8.13. The zero-order valence-corrected chi connectivity index (χ0v) is 12.3. The molecule has 0 saturated heterocycles. The molecule has 4 heteroatoms. The minimum absolute atomic E-state index is 0.0852. The molecule has 0 bridgehead atoms. The maximum atomic E-state index is 11.9. The summed E-state index contributed by atoms with van der Waals surface area (Å²) in [5.41, 5.74) is 1.22. The van der Waals surface area contributed by atoms with Crippen molar-refractivity contribution >= 4 is 44.8 Å². The van der Waals surface area contributed by atoms with Crippen molar-refractivity contribution in [2.24, 2.45) is 0 Å². The average Bonchev–Trinajstić information content (AvgIpc) is 2.94. The number of hydrogen-bond acceptors (Lipinski definition) is 4. The number of ketones is 2. The maximum absolute atomic E-state index is 11.9. The second-order valence-corrected chi connectivity index (χ2v) is 7.23. The number of carbonyl (C=O) groups excluding carboxylic acids is 2. The summed E-state index contributed by atoms with van der Waals surface area (Å²) in [7, 11) is 0. The van der Waals surface area contributed by atoms with Crippen LogP contribution in [0.25, 0.3) is 10.1 Å². The van der Waals surface area contributed by atoms with Crippen LogP contribution in [0.15, 0.2) is 29.6 Å². The molecule has 0 amide bonds. The summed E-state index contributed by atoms with van der Waals surface area (Å²) in [6.45, 7) is 1.78. The summed E-state index contributed by atoms with van der Waals surface area (Å²) >= 11 is 3.20. The normalized spacial score (nSPS) is 18.4. The maximum Gasteiger partial charge on any atom is 0.156 e. The summed E-state index contributed by atoms with van der Waals surface area (Å²) in [4.78, 5) is 23.8. The first-order chi connectivity index (χ1) is 9.11. The molecule has 1 saturated carbocycles. The van der Waals surface area contributed by atoms with Crippen LogP contribution in [0.1, 0.15) is 25.3 Å². The largest absolute Gasteiger partial charge is 0.298 e. The number of thiophene rings is 1. The van der Waals surface area contributed by atoms with Crippen LogP contribution in [-0.4, -0.2) is 16.3 Å². The molecule has 2 nitrogen and oxygen atoms in total. The van der Waals surface area contributed by atoms with Gasteiger partial charge in [-0.05, 0) is 29.3 Å². The Kier molecular flexibility index (Phi) is 3.23. The molecule has 1 aromatic carbocycles. The van der Waals surface area contributed by atoms with Gasteiger partial charge in [-0.25, -0.2) is 0 Å². The van der Waals surface area contributed by atoms with E-state index >= 15 is 0 Å². The summed E-state index contributed by atoms with van der Waals surface area (Å²) in [5, 5.41) is 3.37. The monoisotopic (exact) mass is 290 g/mol. The van der Waals surface area contributed by atoms with E-state index in [2.05, 4.69) is 17.5 Å². The van der Waals surface area contributed by atoms with Gasteiger partial charge < -0.3 is 0 Å². The van der Waals surface area contributed by atoms with Crippen molar-refractivity contribution in [3.05, 3.63) is 35.2 Å². The smallest absolute Gasteiger partial charge is 0.156 e. The fourth-order valence-electron chi connectivity index (χ4n) is 2.39. The molecule has 3 rings (SSSR count). The minimum Gasteiger partial charge on any atom is -0.298 e. The van der Waals surface area contributed by atoms with Crippen molar-refractivity contribution in [3.8, 4) is 0 Å². The first-order valence-electron chi connectivity index (χ1n) is 6.27. The zero-order valence-electron chi connectivity index (χ0n) is 10.6. The zero-order chi connectivity index (χ0) is 13.5. The van der Waals surface area contributed by atoms with E-state index in [4.69, 9.17) is 0 Å². The van der Waals surface area contributed by atoms with Crippen LogP contribution < -0.4 is 0 Å². The molecule has 0 radical (unpaired) electrons. The third-order valence-electron chi connectivity index (χ3n) is 3.72. The SMILES string of the molecule is CC1(SCc2csc3ccccc23)C(=O)CCC1=O. The van der Waals surface area contributed by atoms with E-state index in [1.54, 1.807) is 18.3 Å². The van der Waals surface area contributed by atoms with Crippen LogP contribution in [0.4, 0.5) is 0 Å². The van der Waals surface area contributed by atoms with Gasteiger partial charge in [0.2, 0.25) is 0 Å². The predicted octanol–water partition coefficient (Wildman–Crippen LogP) is 3.83. The lowest BCUT2D eigenvalue weighted by Gasteiger charge is -2.19. The van der Waals surface area contributed by atoms with Crippen molar-refractivity contribution in [1.29, 1.82) is 0 Å². The van der Waals surface area contributed by atoms with Gasteiger partial charge in [0, 0.05) is 23.3 Å². The molecule has 1 aliphatic rings. The van der Waals surface area contributed by atoms with Gasteiger partial charge in [0.1, 0.15) is 4.75 Å². The Morgan fingerprint density at radius 3 is 2.63 bits per heavy atom. The Bertz CT molecular complexity index is 641. The predicted molar refractivity (Wildman–Crippen MR) is 80.8 cm³/mol. The number of carbonyl (C=O) groups is 2. The molecule has 0 N–H and O–H groups in total. The number of benzene rings is 1. The summed E-state index contributed by atoms with van der Waals surface area (Å²) < 4.78 is 0.440. The molecular weight excluding hydrogens is 276 g/mol. The van der Waals surface area contributed by atoms with Gasteiger partial charge in [0.15, 0.2) is 11.6 Å². The van der Waals surface area contributed by atoms with E-state index in [0.717, 1.165) is 5.75 Å². The Balaban J connectivity index is 1.83. The van der Waals surface area contributed by atoms with Crippen molar-refractivity contribution < 1.29 is 9.59 Å². The van der Waals surface area contributed by atoms with Gasteiger partial charge in [-0.3, -0.25) is 9.59 Å². The minimum atomic E-state index is -0.816. The lowest BCUT2D eigenvalue weighted by molar-refractivity contribution is -0.124. The Labute approximate surface area is 120 Å². The molecule has 0 aliphatic heterocycles. The summed E-state index contributed by atoms with van der Waals surface area (Å²) in [6, 6.07) is 8.25. The number of Topliss-reactive ketones (excluding diaryl/α,β-unsaturated/α-hetero) is 2. The third-order valence-corrected chi connectivity index (χ3v) is 6.22. The van der Waals surface area contributed by atoms with E-state index in [1.807, 2.05) is 12.1 Å². The molecule has 19 heavy (non-hydrogen) atoms. The van der Waals surface area contributed by atoms with Gasteiger partial charge in [0.25, 0.3) is 0 Å². The summed E-state index contributed by atoms with van der Waals surface area (Å²) in [5.74, 6) is 0.891. The molecule has 0 unspecified atom stereocenters. The highest BCUT2D eigenvalue weighted by Gasteiger charge is 2.45. The molecule has 0 atom stereocenters. The second-order valence-electron chi connectivity index (χ2n) is 4.93. The van der Waals surface area contributed by atoms with Crippen LogP contribution in [0.3, 0.4) is 0 Å². The standard InChI is InChI=1S/C15H14O2S2/c1-15(13(16)6-7-14(15)17)19-9-10-8-18-12-5-3-2-4-11(10)12/h2-5,8H,6-7,9H2,1H3. The number of hydrogen-bond donors (Lipinski definition) is 0. The van der Waals surface area contributed by atoms with Gasteiger partial charge in [-0.2, -0.15) is 0 Å². The topological polar surface area (TPSA) is 34.1 Å². The molecule has 1 heterocycles. The number of rotatable bonds is 3.